The van der Waals surface area contributed by atoms with Gasteiger partial charge in [-0.05, 0) is 49.7 Å². The summed E-state index contributed by atoms with van der Waals surface area (Å²) in [7, 11) is 0. The van der Waals surface area contributed by atoms with Crippen molar-refractivity contribution in [3.63, 3.8) is 0 Å². The van der Waals surface area contributed by atoms with E-state index >= 15 is 0 Å². The fraction of sp³-hybridized carbons (Fsp3) is 0.524. The Labute approximate surface area is 167 Å². The molecular weight excluding hydrogens is 352 g/mol. The predicted octanol–water partition coefficient (Wildman–Crippen LogP) is 3.30. The van der Waals surface area contributed by atoms with Gasteiger partial charge in [-0.15, -0.1) is 0 Å². The summed E-state index contributed by atoms with van der Waals surface area (Å²) in [6.45, 7) is 6.79. The van der Waals surface area contributed by atoms with Gasteiger partial charge < -0.3 is 15.7 Å². The number of aromatic nitrogens is 3. The van der Waals surface area contributed by atoms with E-state index in [0.29, 0.717) is 23.9 Å². The number of hydrogen-bond acceptors (Lipinski definition) is 7. The smallest absolute Gasteiger partial charge is 0.224 e. The molecule has 3 rings (SSSR count). The minimum atomic E-state index is -0.292. The lowest BCUT2D eigenvalue weighted by atomic mass is 9.73. The number of aryl methyl sites for hydroxylation is 1. The number of aliphatic hydroxyl groups is 1. The van der Waals surface area contributed by atoms with Gasteiger partial charge in [-0.25, -0.2) is 4.98 Å². The molecule has 0 spiro atoms. The van der Waals surface area contributed by atoms with Crippen molar-refractivity contribution in [2.75, 3.05) is 17.2 Å². The summed E-state index contributed by atoms with van der Waals surface area (Å²) in [5.41, 5.74) is 2.42. The van der Waals surface area contributed by atoms with Crippen LogP contribution in [0, 0.1) is 23.7 Å². The van der Waals surface area contributed by atoms with E-state index in [0.717, 1.165) is 36.9 Å². The summed E-state index contributed by atoms with van der Waals surface area (Å²) < 4.78 is 0. The number of hydrogen-bond donors (Lipinski definition) is 3. The standard InChI is InChI=1S/C21H28N6O.H2/c1-14-4-5-15(12-24-14)8-9-23-20-25-13-16(11-22)19(27-20)26-17-6-7-18(28)21(2,3)10-17;/h4-5,12-13,17-18,28H,6-10H2,1-3H3,(H2,23,25,26,27);1H/t17-,18+;/m1./s1. The highest BCUT2D eigenvalue weighted by atomic mass is 16.3. The van der Waals surface area contributed by atoms with Crippen LogP contribution in [0.25, 0.3) is 0 Å². The molecule has 2 aromatic heterocycles. The molecule has 0 bridgehead atoms. The quantitative estimate of drug-likeness (QED) is 0.703. The number of nitrogens with zero attached hydrogens (tertiary/aromatic N) is 4. The van der Waals surface area contributed by atoms with Crippen molar-refractivity contribution in [3.8, 4) is 6.07 Å². The van der Waals surface area contributed by atoms with E-state index in [1.807, 2.05) is 19.2 Å². The maximum Gasteiger partial charge on any atom is 0.224 e. The number of nitriles is 1. The Morgan fingerprint density at radius 2 is 2.11 bits per heavy atom. The number of pyridine rings is 1. The van der Waals surface area contributed by atoms with Crippen LogP contribution in [-0.2, 0) is 6.42 Å². The fourth-order valence-corrected chi connectivity index (χ4v) is 3.56. The molecule has 1 aliphatic rings. The molecule has 3 N–H and O–H groups in total. The van der Waals surface area contributed by atoms with Gasteiger partial charge in [0.1, 0.15) is 17.5 Å². The van der Waals surface area contributed by atoms with Crippen LogP contribution in [0.4, 0.5) is 11.8 Å². The molecular formula is C21H30N6O. The Morgan fingerprint density at radius 3 is 2.79 bits per heavy atom. The highest BCUT2D eigenvalue weighted by molar-refractivity contribution is 5.54. The van der Waals surface area contributed by atoms with E-state index in [1.165, 1.54) is 0 Å². The molecule has 0 aliphatic heterocycles. The van der Waals surface area contributed by atoms with Crippen LogP contribution < -0.4 is 10.6 Å². The minimum Gasteiger partial charge on any atom is -0.393 e. The molecule has 2 heterocycles. The average molecular weight is 383 g/mol. The lowest BCUT2D eigenvalue weighted by Crippen LogP contribution is -2.41. The summed E-state index contributed by atoms with van der Waals surface area (Å²) in [5, 5.41) is 26.2. The summed E-state index contributed by atoms with van der Waals surface area (Å²) >= 11 is 0. The largest absolute Gasteiger partial charge is 0.393 e. The Balaban J connectivity index is 0.00000300. The molecule has 28 heavy (non-hydrogen) atoms. The Kier molecular flexibility index (Phi) is 6.10. The zero-order valence-electron chi connectivity index (χ0n) is 16.7. The van der Waals surface area contributed by atoms with E-state index in [-0.39, 0.29) is 19.0 Å². The van der Waals surface area contributed by atoms with Crippen LogP contribution in [0.1, 0.15) is 51.4 Å². The second kappa shape index (κ2) is 8.53. The molecule has 0 saturated heterocycles. The number of rotatable bonds is 6. The first kappa shape index (κ1) is 20.0. The molecule has 0 radical (unpaired) electrons. The Morgan fingerprint density at radius 1 is 1.29 bits per heavy atom. The molecule has 7 heteroatoms. The van der Waals surface area contributed by atoms with E-state index in [9.17, 15) is 10.4 Å². The summed E-state index contributed by atoms with van der Waals surface area (Å²) in [4.78, 5) is 13.1. The second-order valence-electron chi connectivity index (χ2n) is 8.18. The van der Waals surface area contributed by atoms with Crippen LogP contribution in [0.3, 0.4) is 0 Å². The lowest BCUT2D eigenvalue weighted by Gasteiger charge is -2.40. The lowest BCUT2D eigenvalue weighted by molar-refractivity contribution is 0.00926. The molecule has 0 aromatic carbocycles. The second-order valence-corrected chi connectivity index (χ2v) is 8.18. The fourth-order valence-electron chi connectivity index (χ4n) is 3.56. The predicted molar refractivity (Wildman–Crippen MR) is 111 cm³/mol. The first-order valence-corrected chi connectivity index (χ1v) is 9.74. The third-order valence-electron chi connectivity index (χ3n) is 5.38. The van der Waals surface area contributed by atoms with Crippen LogP contribution in [0.2, 0.25) is 0 Å². The van der Waals surface area contributed by atoms with Gasteiger partial charge in [0.05, 0.1) is 12.3 Å². The van der Waals surface area contributed by atoms with Crippen LogP contribution >= 0.6 is 0 Å². The molecule has 1 saturated carbocycles. The van der Waals surface area contributed by atoms with Crippen molar-refractivity contribution in [1.29, 1.82) is 5.26 Å². The van der Waals surface area contributed by atoms with Crippen molar-refractivity contribution in [2.45, 2.75) is 58.6 Å². The summed E-state index contributed by atoms with van der Waals surface area (Å²) in [6, 6.07) is 6.39. The van der Waals surface area contributed by atoms with Crippen molar-refractivity contribution in [3.05, 3.63) is 41.3 Å². The van der Waals surface area contributed by atoms with Crippen molar-refractivity contribution >= 4 is 11.8 Å². The number of aliphatic hydroxyl groups excluding tert-OH is 1. The van der Waals surface area contributed by atoms with Crippen LogP contribution in [0.5, 0.6) is 0 Å². The van der Waals surface area contributed by atoms with Gasteiger partial charge in [0.15, 0.2) is 0 Å². The van der Waals surface area contributed by atoms with Crippen molar-refractivity contribution < 1.29 is 6.53 Å². The highest BCUT2D eigenvalue weighted by Gasteiger charge is 2.35. The first-order valence-electron chi connectivity index (χ1n) is 9.74. The van der Waals surface area contributed by atoms with Gasteiger partial charge in [0, 0.05) is 25.9 Å². The normalized spacial score (nSPS) is 21.0. The molecule has 0 amide bonds. The van der Waals surface area contributed by atoms with Gasteiger partial charge in [-0.3, -0.25) is 4.98 Å². The van der Waals surface area contributed by atoms with E-state index in [2.05, 4.69) is 51.6 Å². The molecule has 2 aromatic rings. The molecule has 150 valence electrons. The molecule has 2 atom stereocenters. The van der Waals surface area contributed by atoms with Crippen LogP contribution in [0.15, 0.2) is 24.5 Å². The minimum absolute atomic E-state index is 0. The van der Waals surface area contributed by atoms with Gasteiger partial charge >= 0.3 is 0 Å². The SMILES string of the molecule is Cc1ccc(CCNc2ncc(C#N)c(N[C@@H]3CC[C@H](O)C(C)(C)C3)n2)cn1.[HH]. The van der Waals surface area contributed by atoms with Crippen molar-refractivity contribution in [2.24, 2.45) is 5.41 Å². The Bertz CT molecular complexity index is 849. The number of anilines is 2. The van der Waals surface area contributed by atoms with E-state index in [4.69, 9.17) is 0 Å². The molecule has 1 fully saturated rings. The average Bonchev–Trinajstić information content (AvgIpc) is 2.66. The van der Waals surface area contributed by atoms with Gasteiger partial charge in [-0.1, -0.05) is 19.9 Å². The molecule has 7 nitrogen and oxygen atoms in total. The van der Waals surface area contributed by atoms with Gasteiger partial charge in [-0.2, -0.15) is 10.2 Å². The summed E-state index contributed by atoms with van der Waals surface area (Å²) in [5.74, 6) is 1.05. The van der Waals surface area contributed by atoms with Gasteiger partial charge in [0.2, 0.25) is 5.95 Å². The summed E-state index contributed by atoms with van der Waals surface area (Å²) in [6.07, 6.45) is 6.37. The van der Waals surface area contributed by atoms with E-state index < -0.39 is 0 Å². The zero-order chi connectivity index (χ0) is 20.1. The van der Waals surface area contributed by atoms with E-state index in [1.54, 1.807) is 6.20 Å². The molecule has 0 unspecified atom stereocenters. The van der Waals surface area contributed by atoms with Crippen molar-refractivity contribution in [1.82, 2.24) is 15.0 Å². The maximum absolute atomic E-state index is 10.2. The molecule has 1 aliphatic carbocycles. The third-order valence-corrected chi connectivity index (χ3v) is 5.38. The third kappa shape index (κ3) is 4.96. The van der Waals surface area contributed by atoms with Gasteiger partial charge in [0.25, 0.3) is 0 Å². The Hall–Kier alpha value is -2.72. The zero-order valence-corrected chi connectivity index (χ0v) is 16.7. The first-order chi connectivity index (χ1) is 13.4. The monoisotopic (exact) mass is 382 g/mol. The highest BCUT2D eigenvalue weighted by Crippen LogP contribution is 2.36. The number of nitrogens with one attached hydrogen (secondary N) is 2. The topological polar surface area (TPSA) is 107 Å². The van der Waals surface area contributed by atoms with Crippen LogP contribution in [-0.4, -0.2) is 38.7 Å². The maximum atomic E-state index is 10.2.